The molecule has 0 unspecified atom stereocenters. The number of rotatable bonds is 2. The quantitative estimate of drug-likeness (QED) is 0.779. The number of fused-ring (bicyclic) bond motifs is 1. The van der Waals surface area contributed by atoms with Crippen LogP contribution in [0.15, 0.2) is 43.0 Å². The first-order valence-electron chi connectivity index (χ1n) is 5.27. The average Bonchev–Trinajstić information content (AvgIpc) is 2.89. The smallest absolute Gasteiger partial charge is 0.233 e. The molecule has 1 aliphatic carbocycles. The predicted molar refractivity (Wildman–Crippen MR) is 63.1 cm³/mol. The number of ketones is 2. The summed E-state index contributed by atoms with van der Waals surface area (Å²) in [5, 5.41) is 7.30. The fourth-order valence-corrected chi connectivity index (χ4v) is 1.81. The van der Waals surface area contributed by atoms with Crippen molar-refractivity contribution in [3.63, 3.8) is 0 Å². The number of Topliss-reactive ketones (excluding diaryl/α,β-unsaturated/α-hetero) is 1. The van der Waals surface area contributed by atoms with Gasteiger partial charge < -0.3 is 0 Å². The van der Waals surface area contributed by atoms with Crippen LogP contribution >= 0.6 is 0 Å². The van der Waals surface area contributed by atoms with Gasteiger partial charge in [-0.05, 0) is 0 Å². The molecular weight excluding hydrogens is 232 g/mol. The van der Waals surface area contributed by atoms with Gasteiger partial charge in [-0.1, -0.05) is 24.3 Å². The minimum Gasteiger partial charge on any atom is -0.291 e. The molecule has 1 N–H and O–H groups in total. The van der Waals surface area contributed by atoms with Crippen molar-refractivity contribution in [3.8, 4) is 0 Å². The maximum atomic E-state index is 11.7. The van der Waals surface area contributed by atoms with Crippen LogP contribution in [0.5, 0.6) is 0 Å². The summed E-state index contributed by atoms with van der Waals surface area (Å²) in [6.07, 6.45) is 4.21. The Kier molecular flexibility index (Phi) is 2.26. The van der Waals surface area contributed by atoms with E-state index in [0.29, 0.717) is 16.8 Å². The van der Waals surface area contributed by atoms with Crippen LogP contribution < -0.4 is 5.43 Å². The highest BCUT2D eigenvalue weighted by molar-refractivity contribution is 6.50. The van der Waals surface area contributed by atoms with Gasteiger partial charge in [0, 0.05) is 17.2 Å². The first kappa shape index (κ1) is 10.4. The van der Waals surface area contributed by atoms with E-state index in [1.54, 1.807) is 18.2 Å². The Morgan fingerprint density at radius 3 is 2.39 bits per heavy atom. The molecule has 2 aromatic rings. The molecule has 1 heterocycles. The van der Waals surface area contributed by atoms with Crippen LogP contribution in [0.1, 0.15) is 15.9 Å². The van der Waals surface area contributed by atoms with Crippen molar-refractivity contribution < 1.29 is 9.59 Å². The highest BCUT2D eigenvalue weighted by atomic mass is 16.2. The van der Waals surface area contributed by atoms with E-state index in [9.17, 15) is 9.59 Å². The van der Waals surface area contributed by atoms with Crippen LogP contribution in [0.2, 0.25) is 0 Å². The summed E-state index contributed by atoms with van der Waals surface area (Å²) in [7, 11) is 0. The lowest BCUT2D eigenvalue weighted by Crippen LogP contribution is -2.23. The van der Waals surface area contributed by atoms with Gasteiger partial charge in [0.05, 0.1) is 5.70 Å². The summed E-state index contributed by atoms with van der Waals surface area (Å²) in [6.45, 7) is 0. The molecule has 0 amide bonds. The van der Waals surface area contributed by atoms with Gasteiger partial charge in [0.1, 0.15) is 12.7 Å². The van der Waals surface area contributed by atoms with E-state index in [0.717, 1.165) is 0 Å². The lowest BCUT2D eigenvalue weighted by molar-refractivity contribution is -0.111. The second-order valence-corrected chi connectivity index (χ2v) is 3.78. The second kappa shape index (κ2) is 3.92. The van der Waals surface area contributed by atoms with Crippen LogP contribution in [0.3, 0.4) is 0 Å². The van der Waals surface area contributed by atoms with E-state index in [-0.39, 0.29) is 0 Å². The van der Waals surface area contributed by atoms with E-state index < -0.39 is 11.6 Å². The Balaban J connectivity index is 2.06. The molecule has 0 saturated carbocycles. The zero-order valence-electron chi connectivity index (χ0n) is 9.20. The van der Waals surface area contributed by atoms with Gasteiger partial charge in [-0.2, -0.15) is 0 Å². The van der Waals surface area contributed by atoms with Gasteiger partial charge in [0.15, 0.2) is 0 Å². The summed E-state index contributed by atoms with van der Waals surface area (Å²) in [5.41, 5.74) is 4.59. The molecular formula is C12H8N4O2. The highest BCUT2D eigenvalue weighted by Gasteiger charge is 2.25. The third-order valence-corrected chi connectivity index (χ3v) is 2.63. The minimum absolute atomic E-state index is 0.403. The Morgan fingerprint density at radius 1 is 1.00 bits per heavy atom. The topological polar surface area (TPSA) is 76.9 Å². The van der Waals surface area contributed by atoms with E-state index in [1.165, 1.54) is 23.4 Å². The Bertz CT molecular complexity index is 658. The fourth-order valence-electron chi connectivity index (χ4n) is 1.81. The molecule has 1 aromatic carbocycles. The molecule has 3 rings (SSSR count). The molecule has 0 bridgehead atoms. The normalized spacial score (nSPS) is 14.1. The molecule has 1 aromatic heterocycles. The lowest BCUT2D eigenvalue weighted by atomic mass is 9.93. The number of carbonyl (C=O) groups excluding carboxylic acids is 2. The molecule has 18 heavy (non-hydrogen) atoms. The number of nitrogens with one attached hydrogen (secondary N) is 1. The van der Waals surface area contributed by atoms with Crippen molar-refractivity contribution in [2.45, 2.75) is 0 Å². The molecule has 6 nitrogen and oxygen atoms in total. The third-order valence-electron chi connectivity index (χ3n) is 2.63. The molecule has 0 atom stereocenters. The van der Waals surface area contributed by atoms with Gasteiger partial charge in [-0.25, -0.2) is 4.68 Å². The molecule has 88 valence electrons. The average molecular weight is 240 g/mol. The molecule has 0 saturated heterocycles. The molecule has 6 heteroatoms. The van der Waals surface area contributed by atoms with Crippen LogP contribution in [-0.2, 0) is 4.79 Å². The summed E-state index contributed by atoms with van der Waals surface area (Å²) in [6, 6.07) is 6.95. The molecule has 0 fully saturated rings. The Hall–Kier alpha value is -2.76. The van der Waals surface area contributed by atoms with Gasteiger partial charge in [0.25, 0.3) is 0 Å². The summed E-state index contributed by atoms with van der Waals surface area (Å²) in [5.74, 6) is -1.02. The summed E-state index contributed by atoms with van der Waals surface area (Å²) in [4.78, 5) is 23.3. The number of benzene rings is 1. The van der Waals surface area contributed by atoms with Crippen LogP contribution in [-0.4, -0.2) is 26.4 Å². The maximum absolute atomic E-state index is 11.7. The third kappa shape index (κ3) is 1.60. The standard InChI is InChI=1S/C12H8N4O2/c17-11-5-10(15-16-6-13-14-7-16)8-3-1-2-4-9(8)12(11)18/h1-7,15H. The van der Waals surface area contributed by atoms with Crippen molar-refractivity contribution in [3.05, 3.63) is 54.1 Å². The molecule has 0 aliphatic heterocycles. The van der Waals surface area contributed by atoms with Crippen molar-refractivity contribution in [2.24, 2.45) is 0 Å². The van der Waals surface area contributed by atoms with Crippen LogP contribution in [0.25, 0.3) is 5.70 Å². The van der Waals surface area contributed by atoms with Gasteiger partial charge in [-0.3, -0.25) is 15.0 Å². The van der Waals surface area contributed by atoms with Gasteiger partial charge in [0.2, 0.25) is 11.6 Å². The number of carbonyl (C=O) groups is 2. The molecule has 0 spiro atoms. The number of hydrogen-bond acceptors (Lipinski definition) is 5. The van der Waals surface area contributed by atoms with Crippen LogP contribution in [0, 0.1) is 0 Å². The number of aromatic nitrogens is 3. The lowest BCUT2D eigenvalue weighted by Gasteiger charge is -2.17. The van der Waals surface area contributed by atoms with E-state index in [2.05, 4.69) is 15.6 Å². The minimum atomic E-state index is -0.538. The number of allylic oxidation sites excluding steroid dienone is 1. The van der Waals surface area contributed by atoms with Gasteiger partial charge in [-0.15, -0.1) is 10.2 Å². The van der Waals surface area contributed by atoms with E-state index in [4.69, 9.17) is 0 Å². The van der Waals surface area contributed by atoms with E-state index in [1.807, 2.05) is 6.07 Å². The first-order chi connectivity index (χ1) is 8.75. The number of hydrogen-bond donors (Lipinski definition) is 1. The van der Waals surface area contributed by atoms with Crippen LogP contribution in [0.4, 0.5) is 0 Å². The van der Waals surface area contributed by atoms with E-state index >= 15 is 0 Å². The number of nitrogens with zero attached hydrogens (tertiary/aromatic N) is 3. The van der Waals surface area contributed by atoms with Crippen molar-refractivity contribution >= 4 is 17.3 Å². The zero-order valence-corrected chi connectivity index (χ0v) is 9.20. The SMILES string of the molecule is O=C1C=C(Nn2cnnc2)c2ccccc2C1=O. The second-order valence-electron chi connectivity index (χ2n) is 3.78. The zero-order chi connectivity index (χ0) is 12.5. The maximum Gasteiger partial charge on any atom is 0.233 e. The van der Waals surface area contributed by atoms with Crippen molar-refractivity contribution in [1.29, 1.82) is 0 Å². The monoisotopic (exact) mass is 240 g/mol. The molecule has 0 radical (unpaired) electrons. The van der Waals surface area contributed by atoms with Gasteiger partial charge >= 0.3 is 0 Å². The fraction of sp³-hybridized carbons (Fsp3) is 0. The highest BCUT2D eigenvalue weighted by Crippen LogP contribution is 2.23. The summed E-state index contributed by atoms with van der Waals surface area (Å²) < 4.78 is 1.51. The van der Waals surface area contributed by atoms with Crippen molar-refractivity contribution in [1.82, 2.24) is 14.9 Å². The Labute approximate surface area is 102 Å². The molecule has 1 aliphatic rings. The Morgan fingerprint density at radius 2 is 1.67 bits per heavy atom. The first-order valence-corrected chi connectivity index (χ1v) is 5.27. The predicted octanol–water partition coefficient (Wildman–Crippen LogP) is 0.628. The summed E-state index contributed by atoms with van der Waals surface area (Å²) >= 11 is 0. The largest absolute Gasteiger partial charge is 0.291 e. The van der Waals surface area contributed by atoms with Crippen molar-refractivity contribution in [2.75, 3.05) is 5.43 Å².